The number of nitrogens with zero attached hydrogens (tertiary/aromatic N) is 2. The van der Waals surface area contributed by atoms with Crippen molar-refractivity contribution in [1.82, 2.24) is 20.4 Å². The van der Waals surface area contributed by atoms with Crippen LogP contribution in [0.2, 0.25) is 5.02 Å². The smallest absolute Gasteiger partial charge is 0.315 e. The van der Waals surface area contributed by atoms with E-state index >= 15 is 0 Å². The molecule has 0 radical (unpaired) electrons. The van der Waals surface area contributed by atoms with Crippen LogP contribution in [0.5, 0.6) is 0 Å². The molecular weight excluding hydrogens is 414 g/mol. The van der Waals surface area contributed by atoms with Crippen LogP contribution < -0.4 is 10.6 Å². The van der Waals surface area contributed by atoms with Gasteiger partial charge in [0.2, 0.25) is 5.91 Å². The zero-order valence-corrected chi connectivity index (χ0v) is 17.7. The van der Waals surface area contributed by atoms with Crippen molar-refractivity contribution in [3.63, 3.8) is 0 Å². The number of hydrogen-bond donors (Lipinski definition) is 2. The molecule has 0 aromatic heterocycles. The summed E-state index contributed by atoms with van der Waals surface area (Å²) in [5.41, 5.74) is 1.07. The highest BCUT2D eigenvalue weighted by Gasteiger charge is 2.17. The summed E-state index contributed by atoms with van der Waals surface area (Å²) in [6, 6.07) is 9.75. The number of benzene rings is 2. The van der Waals surface area contributed by atoms with Gasteiger partial charge in [-0.25, -0.2) is 13.6 Å². The summed E-state index contributed by atoms with van der Waals surface area (Å²) in [6.45, 7) is 0.895. The van der Waals surface area contributed by atoms with Crippen molar-refractivity contribution < 1.29 is 18.4 Å². The zero-order valence-electron chi connectivity index (χ0n) is 16.9. The van der Waals surface area contributed by atoms with Crippen molar-refractivity contribution in [2.45, 2.75) is 13.1 Å². The molecule has 0 unspecified atom stereocenters. The Bertz CT molecular complexity index is 863. The Balaban J connectivity index is 1.90. The van der Waals surface area contributed by atoms with Crippen LogP contribution in [0.3, 0.4) is 0 Å². The van der Waals surface area contributed by atoms with E-state index in [0.717, 1.165) is 17.7 Å². The van der Waals surface area contributed by atoms with Crippen LogP contribution in [-0.4, -0.2) is 55.5 Å². The molecule has 3 amide bonds. The fraction of sp³-hybridized carbons (Fsp3) is 0.333. The number of rotatable bonds is 9. The monoisotopic (exact) mass is 438 g/mol. The first-order chi connectivity index (χ1) is 14.2. The molecule has 6 nitrogen and oxygen atoms in total. The molecule has 0 heterocycles. The Hall–Kier alpha value is -2.71. The largest absolute Gasteiger partial charge is 0.335 e. The van der Waals surface area contributed by atoms with Crippen molar-refractivity contribution in [1.29, 1.82) is 0 Å². The minimum Gasteiger partial charge on any atom is -0.335 e. The third-order valence-electron chi connectivity index (χ3n) is 4.31. The van der Waals surface area contributed by atoms with Crippen LogP contribution in [0, 0.1) is 11.6 Å². The molecule has 9 heteroatoms. The molecule has 30 heavy (non-hydrogen) atoms. The maximum Gasteiger partial charge on any atom is 0.315 e. The Morgan fingerprint density at radius 2 is 1.70 bits per heavy atom. The van der Waals surface area contributed by atoms with Gasteiger partial charge < -0.3 is 20.4 Å². The lowest BCUT2D eigenvalue weighted by Gasteiger charge is -2.25. The van der Waals surface area contributed by atoms with Crippen molar-refractivity contribution >= 4 is 23.5 Å². The molecule has 162 valence electrons. The van der Waals surface area contributed by atoms with Gasteiger partial charge in [-0.3, -0.25) is 4.79 Å². The Morgan fingerprint density at radius 1 is 1.00 bits per heavy atom. The molecule has 0 saturated heterocycles. The molecule has 2 aromatic rings. The average molecular weight is 439 g/mol. The number of carbonyl (C=O) groups is 2. The molecule has 0 atom stereocenters. The first kappa shape index (κ1) is 23.6. The Morgan fingerprint density at radius 3 is 2.33 bits per heavy atom. The SMILES string of the molecule is CN(C)CCN(Cc1ccc(F)cc1F)C(=O)CNC(=O)NCc1ccc(Cl)cc1. The third kappa shape index (κ3) is 7.96. The van der Waals surface area contributed by atoms with E-state index in [0.29, 0.717) is 18.1 Å². The van der Waals surface area contributed by atoms with Gasteiger partial charge in [-0.1, -0.05) is 29.8 Å². The van der Waals surface area contributed by atoms with Crippen LogP contribution in [-0.2, 0) is 17.9 Å². The Labute approximate surface area is 179 Å². The van der Waals surface area contributed by atoms with Gasteiger partial charge in [0.05, 0.1) is 6.54 Å². The quantitative estimate of drug-likeness (QED) is 0.632. The van der Waals surface area contributed by atoms with E-state index in [9.17, 15) is 18.4 Å². The molecule has 0 aliphatic rings. The summed E-state index contributed by atoms with van der Waals surface area (Å²) in [5, 5.41) is 5.76. The molecule has 2 aromatic carbocycles. The molecule has 0 fully saturated rings. The average Bonchev–Trinajstić information content (AvgIpc) is 2.70. The fourth-order valence-corrected chi connectivity index (χ4v) is 2.71. The van der Waals surface area contributed by atoms with Gasteiger partial charge in [-0.05, 0) is 37.9 Å². The number of hydrogen-bond acceptors (Lipinski definition) is 3. The van der Waals surface area contributed by atoms with Gasteiger partial charge in [0.25, 0.3) is 0 Å². The van der Waals surface area contributed by atoms with E-state index in [-0.39, 0.29) is 31.1 Å². The molecule has 0 aliphatic heterocycles. The van der Waals surface area contributed by atoms with Crippen molar-refractivity contribution in [3.8, 4) is 0 Å². The standard InChI is InChI=1S/C21H25ClF2N4O2/c1-27(2)9-10-28(14-16-5-8-18(23)11-19(16)24)20(29)13-26-21(30)25-12-15-3-6-17(22)7-4-15/h3-8,11H,9-10,12-14H2,1-2H3,(H2,25,26,30). The molecular formula is C21H25ClF2N4O2. The summed E-state index contributed by atoms with van der Waals surface area (Å²) >= 11 is 5.82. The molecule has 2 rings (SSSR count). The van der Waals surface area contributed by atoms with Gasteiger partial charge in [0.15, 0.2) is 0 Å². The third-order valence-corrected chi connectivity index (χ3v) is 4.56. The van der Waals surface area contributed by atoms with Gasteiger partial charge in [-0.2, -0.15) is 0 Å². The van der Waals surface area contributed by atoms with E-state index in [4.69, 9.17) is 11.6 Å². The Kier molecular flexibility index (Phi) is 9.01. The summed E-state index contributed by atoms with van der Waals surface area (Å²) < 4.78 is 27.1. The second-order valence-electron chi connectivity index (χ2n) is 7.02. The summed E-state index contributed by atoms with van der Waals surface area (Å²) in [6.07, 6.45) is 0. The van der Waals surface area contributed by atoms with E-state index < -0.39 is 17.7 Å². The number of urea groups is 1. The van der Waals surface area contributed by atoms with Crippen LogP contribution in [0.25, 0.3) is 0 Å². The second-order valence-corrected chi connectivity index (χ2v) is 7.45. The van der Waals surface area contributed by atoms with E-state index in [1.54, 1.807) is 24.3 Å². The lowest BCUT2D eigenvalue weighted by molar-refractivity contribution is -0.130. The van der Waals surface area contributed by atoms with E-state index in [2.05, 4.69) is 10.6 Å². The molecule has 2 N–H and O–H groups in total. The predicted molar refractivity (Wildman–Crippen MR) is 112 cm³/mol. The highest BCUT2D eigenvalue weighted by atomic mass is 35.5. The number of amides is 3. The lowest BCUT2D eigenvalue weighted by Crippen LogP contribution is -2.45. The minimum absolute atomic E-state index is 0.0210. The van der Waals surface area contributed by atoms with Crippen LogP contribution in [0.15, 0.2) is 42.5 Å². The van der Waals surface area contributed by atoms with E-state index in [1.807, 2.05) is 19.0 Å². The normalized spacial score (nSPS) is 10.7. The van der Waals surface area contributed by atoms with Gasteiger partial charge in [0.1, 0.15) is 11.6 Å². The molecule has 0 aliphatic carbocycles. The van der Waals surface area contributed by atoms with E-state index in [1.165, 1.54) is 11.0 Å². The maximum atomic E-state index is 14.0. The van der Waals surface area contributed by atoms with Gasteiger partial charge in [-0.15, -0.1) is 0 Å². The van der Waals surface area contributed by atoms with Gasteiger partial charge >= 0.3 is 6.03 Å². The zero-order chi connectivity index (χ0) is 22.1. The molecule has 0 bridgehead atoms. The van der Waals surface area contributed by atoms with Crippen molar-refractivity contribution in [2.75, 3.05) is 33.7 Å². The van der Waals surface area contributed by atoms with Crippen LogP contribution in [0.4, 0.5) is 13.6 Å². The summed E-state index contributed by atoms with van der Waals surface area (Å²) in [7, 11) is 3.70. The first-order valence-electron chi connectivity index (χ1n) is 9.37. The highest BCUT2D eigenvalue weighted by Crippen LogP contribution is 2.12. The highest BCUT2D eigenvalue weighted by molar-refractivity contribution is 6.30. The van der Waals surface area contributed by atoms with Gasteiger partial charge in [0, 0.05) is 42.8 Å². The van der Waals surface area contributed by atoms with Crippen molar-refractivity contribution in [2.24, 2.45) is 0 Å². The first-order valence-corrected chi connectivity index (χ1v) is 9.75. The minimum atomic E-state index is -0.716. The fourth-order valence-electron chi connectivity index (χ4n) is 2.58. The van der Waals surface area contributed by atoms with Crippen LogP contribution >= 0.6 is 11.6 Å². The number of carbonyl (C=O) groups excluding carboxylic acids is 2. The maximum absolute atomic E-state index is 14.0. The number of nitrogens with one attached hydrogen (secondary N) is 2. The lowest BCUT2D eigenvalue weighted by atomic mass is 10.2. The molecule has 0 saturated carbocycles. The number of likely N-dealkylation sites (N-methyl/N-ethyl adjacent to an activating group) is 1. The van der Waals surface area contributed by atoms with Crippen LogP contribution in [0.1, 0.15) is 11.1 Å². The van der Waals surface area contributed by atoms with Crippen molar-refractivity contribution in [3.05, 3.63) is 70.2 Å². The predicted octanol–water partition coefficient (Wildman–Crippen LogP) is 3.01. The summed E-state index contributed by atoms with van der Waals surface area (Å²) in [5.74, 6) is -1.77. The number of halogens is 3. The molecule has 0 spiro atoms. The second kappa shape index (κ2) is 11.5. The topological polar surface area (TPSA) is 64.7 Å². The summed E-state index contributed by atoms with van der Waals surface area (Å²) in [4.78, 5) is 27.9.